The summed E-state index contributed by atoms with van der Waals surface area (Å²) in [5, 5.41) is 4.22. The predicted molar refractivity (Wildman–Crippen MR) is 82.1 cm³/mol. The van der Waals surface area contributed by atoms with Gasteiger partial charge in [0, 0.05) is 6.54 Å². The number of nitrogen functional groups attached to an aromatic ring is 1. The maximum absolute atomic E-state index is 12.2. The number of rotatable bonds is 4. The zero-order valence-electron chi connectivity index (χ0n) is 12.9. The average Bonchev–Trinajstić information content (AvgIpc) is 2.70. The van der Waals surface area contributed by atoms with Crippen LogP contribution in [0.4, 0.5) is 5.69 Å². The third kappa shape index (κ3) is 3.24. The Morgan fingerprint density at radius 1 is 1.24 bits per heavy atom. The number of hydrogen-bond donors (Lipinski definition) is 1. The van der Waals surface area contributed by atoms with Crippen LogP contribution in [0, 0.1) is 20.8 Å². The van der Waals surface area contributed by atoms with Crippen LogP contribution in [0.5, 0.6) is 0 Å². The third-order valence-corrected chi connectivity index (χ3v) is 3.32. The molecule has 0 aliphatic carbocycles. The monoisotopic (exact) mass is 287 g/mol. The molecule has 0 radical (unpaired) electrons. The van der Waals surface area contributed by atoms with Gasteiger partial charge in [-0.1, -0.05) is 29.3 Å². The first-order valence-corrected chi connectivity index (χ1v) is 6.99. The lowest BCUT2D eigenvalue weighted by Crippen LogP contribution is -2.14. The summed E-state index contributed by atoms with van der Waals surface area (Å²) in [7, 11) is 0. The summed E-state index contributed by atoms with van der Waals surface area (Å²) in [6.45, 7) is 8.53. The molecule has 0 aliphatic rings. The smallest absolute Gasteiger partial charge is 0.359 e. The van der Waals surface area contributed by atoms with Crippen LogP contribution >= 0.6 is 0 Å². The molecule has 1 aromatic heterocycles. The Morgan fingerprint density at radius 3 is 2.43 bits per heavy atom. The molecule has 0 atom stereocenters. The van der Waals surface area contributed by atoms with E-state index in [2.05, 4.69) is 11.2 Å². The molecule has 0 aliphatic heterocycles. The molecule has 5 nitrogen and oxygen atoms in total. The molecule has 112 valence electrons. The van der Waals surface area contributed by atoms with Gasteiger partial charge in [0.25, 0.3) is 0 Å². The molecule has 0 fully saturated rings. The number of aryl methyl sites for hydroxylation is 4. The molecule has 5 heteroatoms. The molecule has 0 unspecified atom stereocenters. The largest absolute Gasteiger partial charge is 0.456 e. The summed E-state index contributed by atoms with van der Waals surface area (Å²) < 4.78 is 6.96. The van der Waals surface area contributed by atoms with Crippen LogP contribution in [0.1, 0.15) is 39.8 Å². The van der Waals surface area contributed by atoms with Gasteiger partial charge in [-0.25, -0.2) is 4.79 Å². The molecule has 0 bridgehead atoms. The highest BCUT2D eigenvalue weighted by Gasteiger charge is 2.20. The van der Waals surface area contributed by atoms with Crippen molar-refractivity contribution in [1.29, 1.82) is 0 Å². The lowest BCUT2D eigenvalue weighted by atomic mass is 10.1. The lowest BCUT2D eigenvalue weighted by Gasteiger charge is -2.08. The van der Waals surface area contributed by atoms with E-state index in [1.165, 1.54) is 0 Å². The van der Waals surface area contributed by atoms with Crippen molar-refractivity contribution in [1.82, 2.24) is 9.78 Å². The minimum atomic E-state index is -0.436. The van der Waals surface area contributed by atoms with Crippen LogP contribution in [0.3, 0.4) is 0 Å². The molecule has 1 aromatic carbocycles. The van der Waals surface area contributed by atoms with E-state index >= 15 is 0 Å². The van der Waals surface area contributed by atoms with E-state index in [-0.39, 0.29) is 6.61 Å². The van der Waals surface area contributed by atoms with Gasteiger partial charge in [0.05, 0.1) is 11.4 Å². The first kappa shape index (κ1) is 15.1. The van der Waals surface area contributed by atoms with Crippen LogP contribution in [0.15, 0.2) is 18.2 Å². The third-order valence-electron chi connectivity index (χ3n) is 3.32. The van der Waals surface area contributed by atoms with Gasteiger partial charge < -0.3 is 10.5 Å². The van der Waals surface area contributed by atoms with Crippen molar-refractivity contribution in [3.05, 3.63) is 46.3 Å². The summed E-state index contributed by atoms with van der Waals surface area (Å²) in [5.74, 6) is -0.436. The van der Waals surface area contributed by atoms with Crippen molar-refractivity contribution in [3.63, 3.8) is 0 Å². The van der Waals surface area contributed by atoms with E-state index in [1.807, 2.05) is 32.9 Å². The van der Waals surface area contributed by atoms with E-state index < -0.39 is 5.97 Å². The quantitative estimate of drug-likeness (QED) is 0.878. The standard InChI is InChI=1S/C16H21N3O2/c1-5-19-15(14(17)12(4)18-19)16(20)21-9-13-7-10(2)6-11(3)8-13/h6-8H,5,9,17H2,1-4H3. The number of nitrogens with two attached hydrogens (primary N) is 1. The summed E-state index contributed by atoms with van der Waals surface area (Å²) in [4.78, 5) is 12.2. The molecule has 0 saturated heterocycles. The van der Waals surface area contributed by atoms with Crippen LogP contribution in [-0.4, -0.2) is 15.7 Å². The summed E-state index contributed by atoms with van der Waals surface area (Å²) in [6, 6.07) is 6.09. The average molecular weight is 287 g/mol. The molecule has 0 amide bonds. The van der Waals surface area contributed by atoms with Crippen molar-refractivity contribution < 1.29 is 9.53 Å². The van der Waals surface area contributed by atoms with Gasteiger partial charge in [-0.3, -0.25) is 4.68 Å². The van der Waals surface area contributed by atoms with Crippen molar-refractivity contribution >= 4 is 11.7 Å². The minimum absolute atomic E-state index is 0.231. The molecule has 0 saturated carbocycles. The normalized spacial score (nSPS) is 10.7. The van der Waals surface area contributed by atoms with Gasteiger partial charge in [0.15, 0.2) is 5.69 Å². The SMILES string of the molecule is CCn1nc(C)c(N)c1C(=O)OCc1cc(C)cc(C)c1. The molecular formula is C16H21N3O2. The zero-order chi connectivity index (χ0) is 15.6. The number of aromatic nitrogens is 2. The fourth-order valence-corrected chi connectivity index (χ4v) is 2.41. The Kier molecular flexibility index (Phi) is 4.31. The number of carbonyl (C=O) groups is 1. The topological polar surface area (TPSA) is 70.1 Å². The number of hydrogen-bond acceptors (Lipinski definition) is 4. The van der Waals surface area contributed by atoms with Gasteiger partial charge in [-0.15, -0.1) is 0 Å². The second kappa shape index (κ2) is 5.99. The van der Waals surface area contributed by atoms with E-state index in [1.54, 1.807) is 11.6 Å². The maximum Gasteiger partial charge on any atom is 0.359 e. The van der Waals surface area contributed by atoms with Gasteiger partial charge in [0.2, 0.25) is 0 Å². The number of esters is 1. The first-order valence-electron chi connectivity index (χ1n) is 6.99. The number of carbonyl (C=O) groups excluding carboxylic acids is 1. The van der Waals surface area contributed by atoms with E-state index in [0.29, 0.717) is 23.6 Å². The van der Waals surface area contributed by atoms with Crippen LogP contribution in [0.2, 0.25) is 0 Å². The van der Waals surface area contributed by atoms with Crippen molar-refractivity contribution in [2.75, 3.05) is 5.73 Å². The maximum atomic E-state index is 12.2. The Labute approximate surface area is 124 Å². The predicted octanol–water partition coefficient (Wildman–Crippen LogP) is 2.77. The highest BCUT2D eigenvalue weighted by atomic mass is 16.5. The highest BCUT2D eigenvalue weighted by Crippen LogP contribution is 2.18. The number of nitrogens with zero attached hydrogens (tertiary/aromatic N) is 2. The Balaban J connectivity index is 2.15. The van der Waals surface area contributed by atoms with Gasteiger partial charge >= 0.3 is 5.97 Å². The van der Waals surface area contributed by atoms with Gasteiger partial charge in [0.1, 0.15) is 6.61 Å². The highest BCUT2D eigenvalue weighted by molar-refractivity contribution is 5.93. The van der Waals surface area contributed by atoms with Crippen LogP contribution in [-0.2, 0) is 17.9 Å². The summed E-state index contributed by atoms with van der Waals surface area (Å²) in [5.41, 5.74) is 10.6. The number of benzene rings is 1. The van der Waals surface area contributed by atoms with E-state index in [9.17, 15) is 4.79 Å². The molecule has 2 N–H and O–H groups in total. The van der Waals surface area contributed by atoms with Gasteiger partial charge in [-0.2, -0.15) is 5.10 Å². The molecule has 2 aromatic rings. The van der Waals surface area contributed by atoms with E-state index in [0.717, 1.165) is 16.7 Å². The van der Waals surface area contributed by atoms with E-state index in [4.69, 9.17) is 10.5 Å². The molecule has 2 rings (SSSR count). The van der Waals surface area contributed by atoms with Crippen LogP contribution < -0.4 is 5.73 Å². The second-order valence-corrected chi connectivity index (χ2v) is 5.24. The van der Waals surface area contributed by atoms with Crippen molar-refractivity contribution in [2.24, 2.45) is 0 Å². The summed E-state index contributed by atoms with van der Waals surface area (Å²) >= 11 is 0. The zero-order valence-corrected chi connectivity index (χ0v) is 12.9. The number of anilines is 1. The van der Waals surface area contributed by atoms with Gasteiger partial charge in [-0.05, 0) is 33.3 Å². The summed E-state index contributed by atoms with van der Waals surface area (Å²) in [6.07, 6.45) is 0. The fraction of sp³-hybridized carbons (Fsp3) is 0.375. The molecule has 21 heavy (non-hydrogen) atoms. The Bertz CT molecular complexity index is 654. The fourth-order valence-electron chi connectivity index (χ4n) is 2.41. The lowest BCUT2D eigenvalue weighted by molar-refractivity contribution is 0.0459. The minimum Gasteiger partial charge on any atom is -0.456 e. The Morgan fingerprint density at radius 2 is 1.86 bits per heavy atom. The first-order chi connectivity index (χ1) is 9.92. The number of ether oxygens (including phenoxy) is 1. The van der Waals surface area contributed by atoms with Crippen molar-refractivity contribution in [2.45, 2.75) is 40.8 Å². The van der Waals surface area contributed by atoms with Crippen molar-refractivity contribution in [3.8, 4) is 0 Å². The molecular weight excluding hydrogens is 266 g/mol. The Hall–Kier alpha value is -2.30. The van der Waals surface area contributed by atoms with Crippen LogP contribution in [0.25, 0.3) is 0 Å². The second-order valence-electron chi connectivity index (χ2n) is 5.24. The molecule has 1 heterocycles. The molecule has 0 spiro atoms.